The highest BCUT2D eigenvalue weighted by Crippen LogP contribution is 2.35. The Labute approximate surface area is 89.4 Å². The van der Waals surface area contributed by atoms with Crippen molar-refractivity contribution in [2.24, 2.45) is 0 Å². The summed E-state index contributed by atoms with van der Waals surface area (Å²) in [5.74, 6) is 2.41. The zero-order valence-corrected chi connectivity index (χ0v) is 8.82. The quantitative estimate of drug-likeness (QED) is 0.754. The molecule has 2 atom stereocenters. The molecular weight excluding hydrogens is 190 g/mol. The van der Waals surface area contributed by atoms with Crippen molar-refractivity contribution < 1.29 is 9.47 Å². The van der Waals surface area contributed by atoms with E-state index < -0.39 is 0 Å². The van der Waals surface area contributed by atoms with Gasteiger partial charge in [-0.2, -0.15) is 0 Å². The van der Waals surface area contributed by atoms with Gasteiger partial charge in [0.15, 0.2) is 11.5 Å². The van der Waals surface area contributed by atoms with Crippen LogP contribution in [0.4, 0.5) is 0 Å². The van der Waals surface area contributed by atoms with Crippen LogP contribution in [0.2, 0.25) is 0 Å². The van der Waals surface area contributed by atoms with E-state index in [1.54, 1.807) is 0 Å². The minimum absolute atomic E-state index is 0.576. The van der Waals surface area contributed by atoms with E-state index in [4.69, 9.17) is 9.47 Å². The topological polar surface area (TPSA) is 30.5 Å². The third-order valence-electron chi connectivity index (χ3n) is 3.26. The van der Waals surface area contributed by atoms with Crippen LogP contribution in [0.15, 0.2) is 18.2 Å². The van der Waals surface area contributed by atoms with Gasteiger partial charge in [0.2, 0.25) is 0 Å². The second kappa shape index (κ2) is 3.42. The first-order chi connectivity index (χ1) is 7.34. The second-order valence-corrected chi connectivity index (χ2v) is 4.21. The summed E-state index contributed by atoms with van der Waals surface area (Å²) < 4.78 is 11.1. The molecule has 1 saturated heterocycles. The number of ether oxygens (including phenoxy) is 2. The van der Waals surface area contributed by atoms with Gasteiger partial charge in [-0.3, -0.25) is 0 Å². The van der Waals surface area contributed by atoms with Crippen LogP contribution in [0, 0.1) is 0 Å². The molecule has 0 radical (unpaired) electrons. The third-order valence-corrected chi connectivity index (χ3v) is 3.26. The van der Waals surface area contributed by atoms with Crippen LogP contribution in [-0.4, -0.2) is 25.8 Å². The Morgan fingerprint density at radius 3 is 2.67 bits per heavy atom. The van der Waals surface area contributed by atoms with Gasteiger partial charge in [0.05, 0.1) is 0 Å². The molecule has 2 aliphatic rings. The van der Waals surface area contributed by atoms with Crippen molar-refractivity contribution in [3.63, 3.8) is 0 Å². The maximum atomic E-state index is 5.57. The molecule has 80 valence electrons. The minimum Gasteiger partial charge on any atom is -0.486 e. The van der Waals surface area contributed by atoms with E-state index in [-0.39, 0.29) is 0 Å². The summed E-state index contributed by atoms with van der Waals surface area (Å²) in [4.78, 5) is 0. The molecule has 0 spiro atoms. The van der Waals surface area contributed by atoms with Crippen LogP contribution in [0.1, 0.15) is 18.4 Å². The third kappa shape index (κ3) is 1.47. The molecule has 0 bridgehead atoms. The Kier molecular flexibility index (Phi) is 2.06. The fourth-order valence-electron chi connectivity index (χ4n) is 2.17. The molecule has 1 aromatic carbocycles. The lowest BCUT2D eigenvalue weighted by molar-refractivity contribution is 0.171. The number of hydrogen-bond acceptors (Lipinski definition) is 3. The number of benzene rings is 1. The maximum Gasteiger partial charge on any atom is 0.161 e. The van der Waals surface area contributed by atoms with Crippen molar-refractivity contribution in [1.82, 2.24) is 5.32 Å². The van der Waals surface area contributed by atoms with Gasteiger partial charge in [-0.25, -0.2) is 0 Å². The smallest absolute Gasteiger partial charge is 0.161 e. The van der Waals surface area contributed by atoms with Crippen molar-refractivity contribution in [3.05, 3.63) is 23.8 Å². The van der Waals surface area contributed by atoms with Crippen molar-refractivity contribution in [2.75, 3.05) is 19.8 Å². The molecule has 0 aromatic heterocycles. The van der Waals surface area contributed by atoms with Gasteiger partial charge in [0, 0.05) is 18.5 Å². The average Bonchev–Trinajstić information content (AvgIpc) is 2.27. The summed E-state index contributed by atoms with van der Waals surface area (Å²) in [7, 11) is 0. The SMILES string of the molecule is CC1NCC1c1ccc2c(c1)OCCO2. The molecule has 15 heavy (non-hydrogen) atoms. The molecule has 0 saturated carbocycles. The normalized spacial score (nSPS) is 28.3. The van der Waals surface area contributed by atoms with Gasteiger partial charge in [-0.15, -0.1) is 0 Å². The molecule has 3 rings (SSSR count). The number of hydrogen-bond donors (Lipinski definition) is 1. The molecular formula is C12H15NO2. The average molecular weight is 205 g/mol. The molecule has 2 unspecified atom stereocenters. The summed E-state index contributed by atoms with van der Waals surface area (Å²) in [6.45, 7) is 4.61. The van der Waals surface area contributed by atoms with E-state index in [2.05, 4.69) is 24.4 Å². The van der Waals surface area contributed by atoms with E-state index in [0.29, 0.717) is 25.2 Å². The molecule has 2 aliphatic heterocycles. The first kappa shape index (κ1) is 9.04. The Hall–Kier alpha value is -1.22. The lowest BCUT2D eigenvalue weighted by Gasteiger charge is -2.36. The predicted molar refractivity (Wildman–Crippen MR) is 57.6 cm³/mol. The lowest BCUT2D eigenvalue weighted by atomic mass is 9.86. The summed E-state index contributed by atoms with van der Waals surface area (Å²) in [5.41, 5.74) is 1.35. The summed E-state index contributed by atoms with van der Waals surface area (Å²) in [6.07, 6.45) is 0. The van der Waals surface area contributed by atoms with E-state index in [1.165, 1.54) is 5.56 Å². The fraction of sp³-hybridized carbons (Fsp3) is 0.500. The van der Waals surface area contributed by atoms with Crippen LogP contribution in [-0.2, 0) is 0 Å². The van der Waals surface area contributed by atoms with E-state index in [9.17, 15) is 0 Å². The van der Waals surface area contributed by atoms with Gasteiger partial charge in [0.1, 0.15) is 13.2 Å². The first-order valence-corrected chi connectivity index (χ1v) is 5.47. The van der Waals surface area contributed by atoms with Crippen LogP contribution < -0.4 is 14.8 Å². The van der Waals surface area contributed by atoms with Crippen LogP contribution in [0.3, 0.4) is 0 Å². The fourth-order valence-corrected chi connectivity index (χ4v) is 2.17. The van der Waals surface area contributed by atoms with Crippen LogP contribution in [0.25, 0.3) is 0 Å². The van der Waals surface area contributed by atoms with E-state index in [1.807, 2.05) is 6.07 Å². The summed E-state index contributed by atoms with van der Waals surface area (Å²) >= 11 is 0. The molecule has 0 aliphatic carbocycles. The zero-order chi connectivity index (χ0) is 10.3. The highest BCUT2D eigenvalue weighted by Gasteiger charge is 2.28. The van der Waals surface area contributed by atoms with E-state index >= 15 is 0 Å². The van der Waals surface area contributed by atoms with Gasteiger partial charge in [0.25, 0.3) is 0 Å². The molecule has 1 aromatic rings. The number of rotatable bonds is 1. The first-order valence-electron chi connectivity index (χ1n) is 5.47. The molecule has 1 N–H and O–H groups in total. The van der Waals surface area contributed by atoms with Crippen LogP contribution in [0.5, 0.6) is 11.5 Å². The lowest BCUT2D eigenvalue weighted by Crippen LogP contribution is -2.48. The Balaban J connectivity index is 1.90. The van der Waals surface area contributed by atoms with Crippen molar-refractivity contribution in [2.45, 2.75) is 18.9 Å². The zero-order valence-electron chi connectivity index (χ0n) is 8.82. The Bertz CT molecular complexity index is 378. The highest BCUT2D eigenvalue weighted by molar-refractivity contribution is 5.45. The molecule has 1 fully saturated rings. The molecule has 2 heterocycles. The second-order valence-electron chi connectivity index (χ2n) is 4.21. The van der Waals surface area contributed by atoms with Crippen molar-refractivity contribution >= 4 is 0 Å². The maximum absolute atomic E-state index is 5.57. The van der Waals surface area contributed by atoms with Gasteiger partial charge in [-0.05, 0) is 24.6 Å². The molecule has 3 nitrogen and oxygen atoms in total. The summed E-state index contributed by atoms with van der Waals surface area (Å²) in [6, 6.07) is 6.87. The monoisotopic (exact) mass is 205 g/mol. The van der Waals surface area contributed by atoms with Gasteiger partial charge < -0.3 is 14.8 Å². The Morgan fingerprint density at radius 1 is 1.20 bits per heavy atom. The van der Waals surface area contributed by atoms with Gasteiger partial charge in [-0.1, -0.05) is 6.07 Å². The molecule has 0 amide bonds. The predicted octanol–water partition coefficient (Wildman–Crippen LogP) is 1.53. The highest BCUT2D eigenvalue weighted by atomic mass is 16.6. The van der Waals surface area contributed by atoms with E-state index in [0.717, 1.165) is 18.0 Å². The van der Waals surface area contributed by atoms with Crippen LogP contribution >= 0.6 is 0 Å². The molecule has 3 heteroatoms. The largest absolute Gasteiger partial charge is 0.486 e. The van der Waals surface area contributed by atoms with Crippen molar-refractivity contribution in [3.8, 4) is 11.5 Å². The summed E-state index contributed by atoms with van der Waals surface area (Å²) in [5, 5.41) is 3.36. The number of fused-ring (bicyclic) bond motifs is 1. The van der Waals surface area contributed by atoms with Crippen molar-refractivity contribution in [1.29, 1.82) is 0 Å². The number of nitrogens with one attached hydrogen (secondary N) is 1. The minimum atomic E-state index is 0.576. The standard InChI is InChI=1S/C12H15NO2/c1-8-10(7-13-8)9-2-3-11-12(6-9)15-5-4-14-11/h2-3,6,8,10,13H,4-5,7H2,1H3. The van der Waals surface area contributed by atoms with Gasteiger partial charge >= 0.3 is 0 Å². The Morgan fingerprint density at radius 2 is 2.00 bits per heavy atom.